The average Bonchev–Trinajstić information content (AvgIpc) is 3.86. The van der Waals surface area contributed by atoms with E-state index >= 15 is 0 Å². The molecule has 0 radical (unpaired) electrons. The van der Waals surface area contributed by atoms with Gasteiger partial charge in [-0.05, 0) is 128 Å². The minimum atomic E-state index is -0.240. The number of nitrogens with one attached hydrogen (secondary N) is 2. The van der Waals surface area contributed by atoms with Crippen LogP contribution < -0.4 is 11.3 Å². The lowest BCUT2D eigenvalue weighted by Gasteiger charge is -2.37. The number of piperidine rings is 2. The van der Waals surface area contributed by atoms with E-state index in [1.54, 1.807) is 12.4 Å². The van der Waals surface area contributed by atoms with E-state index in [1.807, 2.05) is 53.8 Å². The van der Waals surface area contributed by atoms with Crippen LogP contribution in [0.3, 0.4) is 0 Å². The van der Waals surface area contributed by atoms with E-state index in [-0.39, 0.29) is 34.8 Å². The average molecular weight is 770 g/mol. The molecule has 3 aromatic carbocycles. The van der Waals surface area contributed by atoms with E-state index in [0.29, 0.717) is 40.7 Å². The molecule has 0 bridgehead atoms. The fourth-order valence-electron chi connectivity index (χ4n) is 8.62. The quantitative estimate of drug-likeness (QED) is 0.102. The molecule has 8 rings (SSSR count). The topological polar surface area (TPSA) is 182 Å². The van der Waals surface area contributed by atoms with E-state index in [0.717, 1.165) is 86.3 Å². The summed E-state index contributed by atoms with van der Waals surface area (Å²) in [4.78, 5) is 40.2. The van der Waals surface area contributed by atoms with E-state index in [2.05, 4.69) is 54.3 Å². The summed E-state index contributed by atoms with van der Waals surface area (Å²) in [6.07, 6.45) is 10.3. The van der Waals surface area contributed by atoms with E-state index in [1.165, 1.54) is 24.5 Å². The Morgan fingerprint density at radius 3 is 2.32 bits per heavy atom. The van der Waals surface area contributed by atoms with Crippen molar-refractivity contribution in [2.75, 3.05) is 38.5 Å². The maximum Gasteiger partial charge on any atom is 0.262 e. The van der Waals surface area contributed by atoms with Crippen molar-refractivity contribution < 1.29 is 15.0 Å². The molecule has 0 aliphatic carbocycles. The second-order valence-corrected chi connectivity index (χ2v) is 16.1. The van der Waals surface area contributed by atoms with Crippen LogP contribution in [-0.2, 0) is 19.3 Å². The second-order valence-electron chi connectivity index (χ2n) is 16.1. The van der Waals surface area contributed by atoms with Gasteiger partial charge in [0.05, 0.1) is 10.9 Å². The first-order chi connectivity index (χ1) is 27.6. The Kier molecular flexibility index (Phi) is 10.8. The fraction of sp³-hybridized carbons (Fsp3) is 0.386. The van der Waals surface area contributed by atoms with E-state index in [9.17, 15) is 19.8 Å². The number of rotatable bonds is 11. The maximum absolute atomic E-state index is 13.4. The van der Waals surface area contributed by atoms with Crippen molar-refractivity contribution in [3.05, 3.63) is 111 Å². The van der Waals surface area contributed by atoms with Crippen LogP contribution in [-0.4, -0.2) is 88.4 Å². The van der Waals surface area contributed by atoms with Crippen LogP contribution in [0.15, 0.2) is 78.0 Å². The zero-order valence-corrected chi connectivity index (χ0v) is 32.6. The second kappa shape index (κ2) is 16.3. The lowest BCUT2D eigenvalue weighted by Crippen LogP contribution is -2.43. The Morgan fingerprint density at radius 2 is 1.60 bits per heavy atom. The number of aromatic nitrogens is 6. The number of carbonyl (C=O) groups excluding carboxylic acids is 1. The number of nitrogens with zero attached hydrogens (tertiary/aromatic N) is 6. The first-order valence-corrected chi connectivity index (χ1v) is 20.1. The maximum atomic E-state index is 13.4. The van der Waals surface area contributed by atoms with Crippen LogP contribution in [0.1, 0.15) is 78.1 Å². The zero-order valence-electron chi connectivity index (χ0n) is 32.6. The number of phenols is 2. The Morgan fingerprint density at radius 1 is 0.895 bits per heavy atom. The minimum Gasteiger partial charge on any atom is -0.508 e. The smallest absolute Gasteiger partial charge is 0.262 e. The van der Waals surface area contributed by atoms with Crippen molar-refractivity contribution in [2.24, 2.45) is 11.8 Å². The zero-order chi connectivity index (χ0) is 39.6. The van der Waals surface area contributed by atoms with Crippen molar-refractivity contribution >= 4 is 22.9 Å². The molecule has 296 valence electrons. The Balaban J connectivity index is 0.774. The number of anilines is 1. The van der Waals surface area contributed by atoms with Gasteiger partial charge in [0.2, 0.25) is 5.95 Å². The lowest BCUT2D eigenvalue weighted by molar-refractivity contribution is 0.0651. The highest BCUT2D eigenvalue weighted by Crippen LogP contribution is 2.38. The molecular weight excluding hydrogens is 719 g/mol. The van der Waals surface area contributed by atoms with Crippen LogP contribution in [0.5, 0.6) is 11.5 Å². The molecule has 0 unspecified atom stereocenters. The molecule has 3 aromatic heterocycles. The number of likely N-dealkylation sites (tertiary alicyclic amines) is 2. The summed E-state index contributed by atoms with van der Waals surface area (Å²) in [5.74, 6) is 2.09. The summed E-state index contributed by atoms with van der Waals surface area (Å²) in [5.41, 5.74) is 12.1. The summed E-state index contributed by atoms with van der Waals surface area (Å²) >= 11 is 0. The first kappa shape index (κ1) is 37.9. The van der Waals surface area contributed by atoms with Gasteiger partial charge in [-0.2, -0.15) is 4.98 Å². The van der Waals surface area contributed by atoms with Crippen molar-refractivity contribution in [1.82, 2.24) is 39.5 Å². The highest BCUT2D eigenvalue weighted by molar-refractivity contribution is 5.94. The third-order valence-corrected chi connectivity index (χ3v) is 11.9. The number of H-pyrrole nitrogens is 2. The van der Waals surface area contributed by atoms with Gasteiger partial charge in [-0.3, -0.25) is 19.1 Å². The van der Waals surface area contributed by atoms with E-state index < -0.39 is 0 Å². The highest BCUT2D eigenvalue weighted by atomic mass is 16.3. The minimum absolute atomic E-state index is 0.0323. The van der Waals surface area contributed by atoms with Gasteiger partial charge in [0.15, 0.2) is 5.82 Å². The van der Waals surface area contributed by atoms with Crippen molar-refractivity contribution in [1.29, 1.82) is 0 Å². The molecule has 2 fully saturated rings. The summed E-state index contributed by atoms with van der Waals surface area (Å²) < 4.78 is 1.87. The predicted octanol–water partition coefficient (Wildman–Crippen LogP) is 6.21. The van der Waals surface area contributed by atoms with Crippen LogP contribution >= 0.6 is 0 Å². The third-order valence-electron chi connectivity index (χ3n) is 11.9. The number of benzene rings is 3. The van der Waals surface area contributed by atoms with Gasteiger partial charge in [0.25, 0.3) is 11.5 Å². The largest absolute Gasteiger partial charge is 0.508 e. The van der Waals surface area contributed by atoms with Gasteiger partial charge >= 0.3 is 0 Å². The van der Waals surface area contributed by atoms with Crippen LogP contribution in [0, 0.1) is 11.8 Å². The number of fused-ring (bicyclic) bond motifs is 1. The molecule has 0 saturated carbocycles. The molecule has 2 saturated heterocycles. The number of amides is 1. The molecule has 5 heterocycles. The molecule has 1 amide bonds. The van der Waals surface area contributed by atoms with Gasteiger partial charge in [0.1, 0.15) is 23.5 Å². The number of nitrogens with two attached hydrogens (primary N) is 1. The number of hydrogen-bond donors (Lipinski definition) is 5. The van der Waals surface area contributed by atoms with Crippen molar-refractivity contribution in [3.8, 4) is 28.6 Å². The molecule has 13 heteroatoms. The van der Waals surface area contributed by atoms with E-state index in [4.69, 9.17) is 5.73 Å². The summed E-state index contributed by atoms with van der Waals surface area (Å²) in [6.45, 7) is 8.89. The van der Waals surface area contributed by atoms with Gasteiger partial charge in [-0.25, -0.2) is 0 Å². The highest BCUT2D eigenvalue weighted by Gasteiger charge is 2.27. The summed E-state index contributed by atoms with van der Waals surface area (Å²) in [7, 11) is 0. The predicted molar refractivity (Wildman–Crippen MR) is 221 cm³/mol. The van der Waals surface area contributed by atoms with Gasteiger partial charge in [-0.15, -0.1) is 10.2 Å². The van der Waals surface area contributed by atoms with Crippen molar-refractivity contribution in [3.63, 3.8) is 0 Å². The molecule has 0 atom stereocenters. The lowest BCUT2D eigenvalue weighted by atomic mass is 9.89. The summed E-state index contributed by atoms with van der Waals surface area (Å²) in [5, 5.41) is 29.9. The standard InChI is InChI=1S/C44H51N9O4/c1-27(2)35-22-36(38(55)23-37(35)54)41-50-47-26-53(41)34-11-6-29(7-12-34)21-30-13-17-51(18-14-30)25-31-15-19-52(20-16-31)43(57)32-8-3-28(4-9-32)5-10-33-24-46-40-39(33)42(56)49-44(45)48-40/h3-4,6-9,11-12,22-24,26-27,30-31,54-55H,5,10,13-21,25H2,1-2H3,(H4,45,46,48,49,56). The molecular formula is C44H51N9O4. The SMILES string of the molecule is CC(C)c1cc(-c2nncn2-c2ccc(CC3CCN(CC4CCN(C(=O)c5ccc(CCc6c[nH]c7nc(N)[nH]c(=O)c67)cc5)CC4)CC3)cc2)c(O)cc1O. The number of aryl methyl sites for hydroxylation is 2. The Labute approximate surface area is 331 Å². The molecule has 6 N–H and O–H groups in total. The molecule has 6 aromatic rings. The van der Waals surface area contributed by atoms with Gasteiger partial charge in [-0.1, -0.05) is 38.1 Å². The van der Waals surface area contributed by atoms with Crippen LogP contribution in [0.4, 0.5) is 5.95 Å². The normalized spacial score (nSPS) is 15.9. The van der Waals surface area contributed by atoms with Crippen LogP contribution in [0.25, 0.3) is 28.1 Å². The number of aromatic amines is 2. The number of carbonyl (C=O) groups is 1. The number of nitrogen functional groups attached to an aromatic ring is 1. The molecule has 13 nitrogen and oxygen atoms in total. The molecule has 57 heavy (non-hydrogen) atoms. The van der Waals surface area contributed by atoms with Crippen molar-refractivity contribution in [2.45, 2.75) is 64.7 Å². The van der Waals surface area contributed by atoms with Crippen LogP contribution in [0.2, 0.25) is 0 Å². The number of phenolic OH excluding ortho intramolecular Hbond substituents is 2. The Hall–Kier alpha value is -5.95. The third kappa shape index (κ3) is 8.29. The molecule has 0 spiro atoms. The van der Waals surface area contributed by atoms with Gasteiger partial charge in [0, 0.05) is 43.1 Å². The summed E-state index contributed by atoms with van der Waals surface area (Å²) in [6, 6.07) is 19.6. The Bertz CT molecular complexity index is 2400. The molecule has 2 aliphatic rings. The first-order valence-electron chi connectivity index (χ1n) is 20.1. The number of hydrogen-bond acceptors (Lipinski definition) is 9. The fourth-order valence-corrected chi connectivity index (χ4v) is 8.62. The number of aromatic hydroxyl groups is 2. The van der Waals surface area contributed by atoms with Gasteiger partial charge < -0.3 is 30.7 Å². The monoisotopic (exact) mass is 769 g/mol. The molecule has 2 aliphatic heterocycles.